The van der Waals surface area contributed by atoms with Crippen molar-refractivity contribution >= 4 is 42.1 Å². The number of hydrogen-bond acceptors (Lipinski definition) is 6. The van der Waals surface area contributed by atoms with Crippen LogP contribution in [-0.2, 0) is 16.0 Å². The lowest BCUT2D eigenvalue weighted by molar-refractivity contribution is -0.121. The average Bonchev–Trinajstić information content (AvgIpc) is 3.23. The van der Waals surface area contributed by atoms with Crippen LogP contribution < -0.4 is 10.6 Å². The molecule has 0 bridgehead atoms. The van der Waals surface area contributed by atoms with Gasteiger partial charge in [-0.05, 0) is 45.0 Å². The number of amides is 1. The Balaban J connectivity index is 0.00000182. The number of aryl methyl sites for hydroxylation is 1. The number of halogens is 2. The molecule has 27 heavy (non-hydrogen) atoms. The van der Waals surface area contributed by atoms with Crippen molar-refractivity contribution in [2.75, 3.05) is 33.4 Å². The maximum atomic E-state index is 12.3. The molecule has 0 saturated carbocycles. The average molecular weight is 436 g/mol. The first-order chi connectivity index (χ1) is 12.1. The molecule has 3 rings (SSSR count). The van der Waals surface area contributed by atoms with Gasteiger partial charge in [0, 0.05) is 24.4 Å². The van der Waals surface area contributed by atoms with Crippen molar-refractivity contribution in [3.63, 3.8) is 0 Å². The monoisotopic (exact) mass is 435 g/mol. The van der Waals surface area contributed by atoms with Crippen molar-refractivity contribution in [3.8, 4) is 10.8 Å². The minimum absolute atomic E-state index is 0. The van der Waals surface area contributed by atoms with E-state index < -0.39 is 0 Å². The predicted molar refractivity (Wildman–Crippen MR) is 112 cm³/mol. The predicted octanol–water partition coefficient (Wildman–Crippen LogP) is 3.23. The number of nitrogens with one attached hydrogen (secondary N) is 2. The summed E-state index contributed by atoms with van der Waals surface area (Å²) in [6, 6.07) is 3.82. The first kappa shape index (κ1) is 23.9. The van der Waals surface area contributed by atoms with E-state index in [1.54, 1.807) is 7.11 Å². The van der Waals surface area contributed by atoms with Gasteiger partial charge in [-0.25, -0.2) is 4.98 Å². The van der Waals surface area contributed by atoms with Crippen molar-refractivity contribution in [3.05, 3.63) is 29.0 Å². The summed E-state index contributed by atoms with van der Waals surface area (Å²) < 4.78 is 11.0. The van der Waals surface area contributed by atoms with Gasteiger partial charge in [0.25, 0.3) is 0 Å². The molecule has 2 aromatic rings. The number of hydrogen-bond donors (Lipinski definition) is 2. The fourth-order valence-electron chi connectivity index (χ4n) is 3.20. The Morgan fingerprint density at radius 3 is 2.74 bits per heavy atom. The number of methoxy groups -OCH3 is 1. The van der Waals surface area contributed by atoms with Crippen LogP contribution >= 0.6 is 36.2 Å². The fourth-order valence-corrected chi connectivity index (χ4v) is 3.98. The normalized spacial score (nSPS) is 15.5. The summed E-state index contributed by atoms with van der Waals surface area (Å²) in [7, 11) is 1.72. The van der Waals surface area contributed by atoms with E-state index in [2.05, 4.69) is 15.6 Å². The van der Waals surface area contributed by atoms with E-state index in [0.717, 1.165) is 48.2 Å². The summed E-state index contributed by atoms with van der Waals surface area (Å²) in [5.74, 6) is 1.61. The van der Waals surface area contributed by atoms with Crippen LogP contribution in [0.2, 0.25) is 0 Å². The van der Waals surface area contributed by atoms with Gasteiger partial charge in [0.2, 0.25) is 5.91 Å². The molecule has 6 nitrogen and oxygen atoms in total. The molecule has 1 fully saturated rings. The lowest BCUT2D eigenvalue weighted by atomic mass is 9.79. The number of carbonyl (C=O) groups is 1. The molecule has 9 heteroatoms. The lowest BCUT2D eigenvalue weighted by Crippen LogP contribution is -2.47. The zero-order valence-corrected chi connectivity index (χ0v) is 18.0. The van der Waals surface area contributed by atoms with Crippen LogP contribution in [0.1, 0.15) is 24.3 Å². The first-order valence-corrected chi connectivity index (χ1v) is 9.46. The van der Waals surface area contributed by atoms with Gasteiger partial charge in [0.15, 0.2) is 10.8 Å². The topological polar surface area (TPSA) is 76.4 Å². The molecule has 1 saturated heterocycles. The van der Waals surface area contributed by atoms with Crippen molar-refractivity contribution in [2.24, 2.45) is 5.41 Å². The highest BCUT2D eigenvalue weighted by molar-refractivity contribution is 7.13. The molecule has 0 radical (unpaired) electrons. The van der Waals surface area contributed by atoms with Crippen molar-refractivity contribution in [1.82, 2.24) is 15.6 Å². The van der Waals surface area contributed by atoms with Gasteiger partial charge >= 0.3 is 0 Å². The van der Waals surface area contributed by atoms with Crippen LogP contribution in [0.15, 0.2) is 21.9 Å². The third kappa shape index (κ3) is 6.47. The summed E-state index contributed by atoms with van der Waals surface area (Å²) in [6.45, 7) is 5.17. The molecule has 3 heterocycles. The third-order valence-corrected chi connectivity index (χ3v) is 5.53. The minimum Gasteiger partial charge on any atom is -0.459 e. The Kier molecular flexibility index (Phi) is 9.76. The molecule has 1 amide bonds. The summed E-state index contributed by atoms with van der Waals surface area (Å²) in [5, 5.41) is 9.16. The number of carbonyl (C=O) groups excluding carboxylic acids is 1. The van der Waals surface area contributed by atoms with Crippen molar-refractivity contribution < 1.29 is 13.9 Å². The number of thiazole rings is 1. The van der Waals surface area contributed by atoms with Crippen molar-refractivity contribution in [1.29, 1.82) is 0 Å². The van der Waals surface area contributed by atoms with Crippen LogP contribution in [0.5, 0.6) is 0 Å². The Morgan fingerprint density at radius 2 is 2.11 bits per heavy atom. The number of piperidine rings is 1. The van der Waals surface area contributed by atoms with Gasteiger partial charge in [-0.3, -0.25) is 4.79 Å². The second kappa shape index (κ2) is 11.0. The van der Waals surface area contributed by atoms with Crippen LogP contribution in [0.3, 0.4) is 0 Å². The Hall–Kier alpha value is -1.12. The van der Waals surface area contributed by atoms with E-state index in [1.165, 1.54) is 11.3 Å². The zero-order chi connectivity index (χ0) is 17.7. The van der Waals surface area contributed by atoms with Gasteiger partial charge in [-0.2, -0.15) is 0 Å². The maximum Gasteiger partial charge on any atom is 0.226 e. The highest BCUT2D eigenvalue weighted by atomic mass is 35.5. The Bertz CT molecular complexity index is 709. The van der Waals surface area contributed by atoms with Crippen LogP contribution in [0, 0.1) is 12.3 Å². The molecule has 1 aliphatic heterocycles. The van der Waals surface area contributed by atoms with Gasteiger partial charge < -0.3 is 19.8 Å². The number of nitrogens with zero attached hydrogens (tertiary/aromatic N) is 1. The molecule has 2 aromatic heterocycles. The first-order valence-electron chi connectivity index (χ1n) is 8.58. The van der Waals surface area contributed by atoms with E-state index in [1.807, 2.05) is 24.4 Å². The number of rotatable bonds is 7. The fraction of sp³-hybridized carbons (Fsp3) is 0.556. The standard InChI is InChI=1S/C18H25N3O3S.2ClH/c1-13-3-4-15(24-13)17-21-14(10-25-17)9-16(22)20-11-18(12-23-2)5-7-19-8-6-18;;/h3-4,10,19H,5-9,11-12H2,1-2H3,(H,20,22);2*1H. The summed E-state index contributed by atoms with van der Waals surface area (Å²) in [4.78, 5) is 16.8. The summed E-state index contributed by atoms with van der Waals surface area (Å²) in [5.41, 5.74) is 0.812. The maximum absolute atomic E-state index is 12.3. The van der Waals surface area contributed by atoms with E-state index in [-0.39, 0.29) is 42.6 Å². The van der Waals surface area contributed by atoms with E-state index >= 15 is 0 Å². The molecule has 1 aliphatic rings. The minimum atomic E-state index is 0. The second-order valence-electron chi connectivity index (χ2n) is 6.69. The van der Waals surface area contributed by atoms with E-state index in [9.17, 15) is 4.79 Å². The SMILES string of the molecule is COCC1(CNC(=O)Cc2csc(-c3ccc(C)o3)n2)CCNCC1.Cl.Cl. The van der Waals surface area contributed by atoms with Gasteiger partial charge in [-0.1, -0.05) is 0 Å². The van der Waals surface area contributed by atoms with Crippen LogP contribution in [-0.4, -0.2) is 44.2 Å². The molecule has 152 valence electrons. The van der Waals surface area contributed by atoms with Crippen molar-refractivity contribution in [2.45, 2.75) is 26.2 Å². The molecule has 0 aliphatic carbocycles. The zero-order valence-electron chi connectivity index (χ0n) is 15.6. The number of aromatic nitrogens is 1. The molecular weight excluding hydrogens is 409 g/mol. The molecule has 0 atom stereocenters. The molecule has 0 unspecified atom stereocenters. The highest BCUT2D eigenvalue weighted by Crippen LogP contribution is 2.28. The smallest absolute Gasteiger partial charge is 0.226 e. The van der Waals surface area contributed by atoms with E-state index in [0.29, 0.717) is 13.2 Å². The number of ether oxygens (including phenoxy) is 1. The highest BCUT2D eigenvalue weighted by Gasteiger charge is 2.32. The van der Waals surface area contributed by atoms with Gasteiger partial charge in [0.05, 0.1) is 18.7 Å². The Morgan fingerprint density at radius 1 is 1.37 bits per heavy atom. The number of furan rings is 1. The van der Waals surface area contributed by atoms with Gasteiger partial charge in [0.1, 0.15) is 5.76 Å². The third-order valence-electron chi connectivity index (χ3n) is 4.62. The molecule has 0 aromatic carbocycles. The molecule has 2 N–H and O–H groups in total. The molecule has 0 spiro atoms. The Labute approximate surface area is 176 Å². The van der Waals surface area contributed by atoms with E-state index in [4.69, 9.17) is 9.15 Å². The van der Waals surface area contributed by atoms with Gasteiger partial charge in [-0.15, -0.1) is 36.2 Å². The molecular formula is C18H27Cl2N3O3S. The second-order valence-corrected chi connectivity index (χ2v) is 7.55. The van der Waals surface area contributed by atoms with Crippen LogP contribution in [0.25, 0.3) is 10.8 Å². The lowest BCUT2D eigenvalue weighted by Gasteiger charge is -2.37. The quantitative estimate of drug-likeness (QED) is 0.697. The largest absolute Gasteiger partial charge is 0.459 e. The summed E-state index contributed by atoms with van der Waals surface area (Å²) >= 11 is 1.50. The van der Waals surface area contributed by atoms with Crippen LogP contribution in [0.4, 0.5) is 0 Å². The summed E-state index contributed by atoms with van der Waals surface area (Å²) in [6.07, 6.45) is 2.32.